The third kappa shape index (κ3) is 2.77. The number of nitrogens with zero attached hydrogens (tertiary/aromatic N) is 1. The molecule has 3 atom stereocenters. The Hall–Kier alpha value is -0.680. The molecule has 5 heteroatoms. The Labute approximate surface area is 121 Å². The van der Waals surface area contributed by atoms with E-state index >= 15 is 0 Å². The van der Waals surface area contributed by atoms with Crippen molar-refractivity contribution in [2.24, 2.45) is 5.92 Å². The number of piperidine rings is 1. The Morgan fingerprint density at radius 1 is 1.26 bits per heavy atom. The number of halogens is 3. The van der Waals surface area contributed by atoms with Crippen LogP contribution >= 0.6 is 15.9 Å². The van der Waals surface area contributed by atoms with Crippen LogP contribution in [0.4, 0.5) is 14.5 Å². The summed E-state index contributed by atoms with van der Waals surface area (Å²) < 4.78 is 27.6. The number of nitrogens with one attached hydrogen (secondary N) is 1. The van der Waals surface area contributed by atoms with Crippen molar-refractivity contribution in [1.82, 2.24) is 5.32 Å². The minimum Gasteiger partial charge on any atom is -0.366 e. The van der Waals surface area contributed by atoms with E-state index in [0.29, 0.717) is 22.1 Å². The summed E-state index contributed by atoms with van der Waals surface area (Å²) in [5.74, 6) is -0.656. The van der Waals surface area contributed by atoms with Gasteiger partial charge in [0.15, 0.2) is 0 Å². The molecule has 0 radical (unpaired) electrons. The van der Waals surface area contributed by atoms with Crippen molar-refractivity contribution in [1.29, 1.82) is 0 Å². The summed E-state index contributed by atoms with van der Waals surface area (Å²) in [4.78, 5) is 2.03. The van der Waals surface area contributed by atoms with Gasteiger partial charge >= 0.3 is 0 Å². The lowest BCUT2D eigenvalue weighted by molar-refractivity contribution is 0.281. The molecule has 1 heterocycles. The van der Waals surface area contributed by atoms with Gasteiger partial charge in [0, 0.05) is 24.7 Å². The topological polar surface area (TPSA) is 15.3 Å². The van der Waals surface area contributed by atoms with Crippen molar-refractivity contribution in [3.8, 4) is 0 Å². The number of benzene rings is 1. The molecule has 0 bridgehead atoms. The first-order valence-electron chi connectivity index (χ1n) is 6.54. The molecular formula is C14H19BrF2N2. The van der Waals surface area contributed by atoms with E-state index in [0.717, 1.165) is 19.0 Å². The normalized spacial score (nSPS) is 27.7. The zero-order chi connectivity index (χ0) is 14.2. The summed E-state index contributed by atoms with van der Waals surface area (Å²) in [6, 6.07) is 3.13. The number of rotatable bonds is 2. The van der Waals surface area contributed by atoms with Crippen molar-refractivity contribution < 1.29 is 8.78 Å². The van der Waals surface area contributed by atoms with Gasteiger partial charge in [-0.2, -0.15) is 0 Å². The molecule has 2 nitrogen and oxygen atoms in total. The highest BCUT2D eigenvalue weighted by Gasteiger charge is 2.33. The molecule has 2 rings (SSSR count). The molecule has 1 aromatic rings. The molecule has 1 N–H and O–H groups in total. The zero-order valence-electron chi connectivity index (χ0n) is 11.4. The molecule has 1 aliphatic heterocycles. The first-order chi connectivity index (χ1) is 8.95. The predicted octanol–water partition coefficient (Wildman–Crippen LogP) is 3.55. The summed E-state index contributed by atoms with van der Waals surface area (Å²) >= 11 is 3.13. The van der Waals surface area contributed by atoms with E-state index in [1.54, 1.807) is 0 Å². The van der Waals surface area contributed by atoms with E-state index in [4.69, 9.17) is 0 Å². The van der Waals surface area contributed by atoms with Crippen LogP contribution in [-0.4, -0.2) is 25.7 Å². The smallest absolute Gasteiger partial charge is 0.149 e. The van der Waals surface area contributed by atoms with Gasteiger partial charge in [-0.05, 0) is 48.3 Å². The van der Waals surface area contributed by atoms with E-state index < -0.39 is 11.6 Å². The van der Waals surface area contributed by atoms with Crippen molar-refractivity contribution in [2.45, 2.75) is 32.4 Å². The van der Waals surface area contributed by atoms with Crippen molar-refractivity contribution >= 4 is 21.6 Å². The average Bonchev–Trinajstić information content (AvgIpc) is 2.37. The van der Waals surface area contributed by atoms with Crippen LogP contribution in [0.1, 0.15) is 20.3 Å². The Morgan fingerprint density at radius 3 is 2.58 bits per heavy atom. The minimum atomic E-state index is -0.563. The molecule has 0 aliphatic carbocycles. The average molecular weight is 333 g/mol. The van der Waals surface area contributed by atoms with Crippen LogP contribution in [-0.2, 0) is 0 Å². The van der Waals surface area contributed by atoms with E-state index in [9.17, 15) is 8.78 Å². The fourth-order valence-electron chi connectivity index (χ4n) is 2.84. The third-order valence-electron chi connectivity index (χ3n) is 4.24. The highest BCUT2D eigenvalue weighted by molar-refractivity contribution is 9.10. The fraction of sp³-hybridized carbons (Fsp3) is 0.571. The first-order valence-corrected chi connectivity index (χ1v) is 7.33. The van der Waals surface area contributed by atoms with Gasteiger partial charge in [-0.3, -0.25) is 0 Å². The van der Waals surface area contributed by atoms with Gasteiger partial charge in [-0.1, -0.05) is 6.92 Å². The molecule has 1 aliphatic rings. The van der Waals surface area contributed by atoms with Crippen LogP contribution in [0, 0.1) is 17.6 Å². The van der Waals surface area contributed by atoms with Gasteiger partial charge in [-0.25, -0.2) is 8.78 Å². The lowest BCUT2D eigenvalue weighted by Gasteiger charge is -2.44. The Morgan fingerprint density at radius 2 is 1.95 bits per heavy atom. The lowest BCUT2D eigenvalue weighted by Crippen LogP contribution is -2.53. The summed E-state index contributed by atoms with van der Waals surface area (Å²) in [6.07, 6.45) is 0.955. The summed E-state index contributed by atoms with van der Waals surface area (Å²) in [7, 11) is 1.96. The Bertz CT molecular complexity index is 467. The summed E-state index contributed by atoms with van der Waals surface area (Å²) in [6.45, 7) is 5.02. The second kappa shape index (κ2) is 5.75. The SMILES string of the molecule is CNC1CCN(c2cc(Br)c(F)cc2F)C(C)C1C. The number of hydrogen-bond acceptors (Lipinski definition) is 2. The van der Waals surface area contributed by atoms with Crippen LogP contribution in [0.25, 0.3) is 0 Å². The van der Waals surface area contributed by atoms with Crippen LogP contribution in [0.3, 0.4) is 0 Å². The van der Waals surface area contributed by atoms with E-state index in [1.165, 1.54) is 6.07 Å². The predicted molar refractivity (Wildman–Crippen MR) is 77.5 cm³/mol. The number of hydrogen-bond donors (Lipinski definition) is 1. The first kappa shape index (κ1) is 14.7. The Balaban J connectivity index is 2.30. The molecule has 3 unspecified atom stereocenters. The minimum absolute atomic E-state index is 0.207. The van der Waals surface area contributed by atoms with Gasteiger partial charge in [0.05, 0.1) is 10.2 Å². The second-order valence-electron chi connectivity index (χ2n) is 5.19. The highest BCUT2D eigenvalue weighted by atomic mass is 79.9. The lowest BCUT2D eigenvalue weighted by atomic mass is 9.86. The van der Waals surface area contributed by atoms with Crippen LogP contribution in [0.15, 0.2) is 16.6 Å². The van der Waals surface area contributed by atoms with E-state index in [2.05, 4.69) is 35.1 Å². The van der Waals surface area contributed by atoms with Crippen LogP contribution in [0.5, 0.6) is 0 Å². The van der Waals surface area contributed by atoms with Crippen molar-refractivity contribution in [2.75, 3.05) is 18.5 Å². The van der Waals surface area contributed by atoms with Crippen LogP contribution in [0.2, 0.25) is 0 Å². The fourth-order valence-corrected chi connectivity index (χ4v) is 3.18. The largest absolute Gasteiger partial charge is 0.366 e. The quantitative estimate of drug-likeness (QED) is 0.833. The molecule has 106 valence electrons. The van der Waals surface area contributed by atoms with Gasteiger partial charge in [-0.15, -0.1) is 0 Å². The van der Waals surface area contributed by atoms with Crippen LogP contribution < -0.4 is 10.2 Å². The molecule has 0 saturated carbocycles. The van der Waals surface area contributed by atoms with Crippen molar-refractivity contribution in [3.63, 3.8) is 0 Å². The Kier molecular flexibility index (Phi) is 4.46. The monoisotopic (exact) mass is 332 g/mol. The van der Waals surface area contributed by atoms with E-state index in [-0.39, 0.29) is 6.04 Å². The second-order valence-corrected chi connectivity index (χ2v) is 6.05. The molecule has 0 spiro atoms. The number of anilines is 1. The molecule has 0 amide bonds. The molecule has 0 aromatic heterocycles. The molecule has 19 heavy (non-hydrogen) atoms. The van der Waals surface area contributed by atoms with Gasteiger partial charge in [0.25, 0.3) is 0 Å². The zero-order valence-corrected chi connectivity index (χ0v) is 13.0. The van der Waals surface area contributed by atoms with Gasteiger partial charge in [0.1, 0.15) is 11.6 Å². The molecule has 1 saturated heterocycles. The molecule has 1 aromatic carbocycles. The van der Waals surface area contributed by atoms with Gasteiger partial charge < -0.3 is 10.2 Å². The molecule has 1 fully saturated rings. The summed E-state index contributed by atoms with van der Waals surface area (Å²) in [5, 5.41) is 3.30. The third-order valence-corrected chi connectivity index (χ3v) is 4.85. The maximum atomic E-state index is 14.0. The maximum Gasteiger partial charge on any atom is 0.149 e. The standard InChI is InChI=1S/C14H19BrF2N2/c1-8-9(2)19(5-4-13(8)18-3)14-6-10(15)11(16)7-12(14)17/h6-9,13,18H,4-5H2,1-3H3. The summed E-state index contributed by atoms with van der Waals surface area (Å²) in [5.41, 5.74) is 0.474. The van der Waals surface area contributed by atoms with Gasteiger partial charge in [0.2, 0.25) is 0 Å². The maximum absolute atomic E-state index is 14.0. The van der Waals surface area contributed by atoms with E-state index in [1.807, 2.05) is 11.9 Å². The van der Waals surface area contributed by atoms with Crippen molar-refractivity contribution in [3.05, 3.63) is 28.2 Å². The molecular weight excluding hydrogens is 314 g/mol. The highest BCUT2D eigenvalue weighted by Crippen LogP contribution is 2.33.